The van der Waals surface area contributed by atoms with Gasteiger partial charge in [-0.3, -0.25) is 0 Å². The molecular formula is C24H23ClF6S2. The Labute approximate surface area is 203 Å². The van der Waals surface area contributed by atoms with Crippen molar-refractivity contribution in [1.82, 2.24) is 0 Å². The molecule has 0 nitrogen and oxygen atoms in total. The molecule has 0 N–H and O–H groups in total. The summed E-state index contributed by atoms with van der Waals surface area (Å²) in [5, 5.41) is -4.28. The summed E-state index contributed by atoms with van der Waals surface area (Å²) in [6.45, 7) is 2.01. The molecule has 180 valence electrons. The van der Waals surface area contributed by atoms with Gasteiger partial charge in [-0.2, -0.15) is 8.78 Å². The van der Waals surface area contributed by atoms with Crippen molar-refractivity contribution < 1.29 is 26.3 Å². The summed E-state index contributed by atoms with van der Waals surface area (Å²) in [5.41, 5.74) is -2.42. The van der Waals surface area contributed by atoms with E-state index in [0.29, 0.717) is 34.6 Å². The van der Waals surface area contributed by atoms with Gasteiger partial charge in [0.15, 0.2) is 0 Å². The van der Waals surface area contributed by atoms with Crippen LogP contribution in [0.5, 0.6) is 0 Å². The van der Waals surface area contributed by atoms with E-state index < -0.39 is 45.3 Å². The minimum Gasteiger partial charge on any atom is -0.206 e. The van der Waals surface area contributed by atoms with E-state index in [0.717, 1.165) is 42.9 Å². The van der Waals surface area contributed by atoms with Crippen LogP contribution in [-0.2, 0) is 11.8 Å². The summed E-state index contributed by atoms with van der Waals surface area (Å²) in [7, 11) is 0. The topological polar surface area (TPSA) is 0 Å². The van der Waals surface area contributed by atoms with Crippen molar-refractivity contribution in [2.45, 2.75) is 42.6 Å². The molecule has 0 aliphatic carbocycles. The highest BCUT2D eigenvalue weighted by Crippen LogP contribution is 2.40. The Morgan fingerprint density at radius 1 is 0.939 bits per heavy atom. The Kier molecular flexibility index (Phi) is 9.15. The first-order valence-electron chi connectivity index (χ1n) is 10.5. The molecule has 1 aliphatic rings. The molecule has 0 saturated carbocycles. The summed E-state index contributed by atoms with van der Waals surface area (Å²) < 4.78 is 84.1. The lowest BCUT2D eigenvalue weighted by Gasteiger charge is -2.27. The van der Waals surface area contributed by atoms with E-state index in [-0.39, 0.29) is 0 Å². The van der Waals surface area contributed by atoms with Crippen LogP contribution in [-0.4, -0.2) is 16.1 Å². The third-order valence-corrected chi connectivity index (χ3v) is 8.95. The molecule has 2 aromatic rings. The van der Waals surface area contributed by atoms with E-state index in [4.69, 9.17) is 11.6 Å². The molecule has 0 aromatic heterocycles. The molecule has 2 aromatic carbocycles. The maximum atomic E-state index is 14.7. The van der Waals surface area contributed by atoms with Crippen molar-refractivity contribution in [3.63, 3.8) is 0 Å². The zero-order valence-electron chi connectivity index (χ0n) is 17.8. The van der Waals surface area contributed by atoms with Gasteiger partial charge in [-0.1, -0.05) is 12.2 Å². The fourth-order valence-electron chi connectivity index (χ4n) is 3.73. The Morgan fingerprint density at radius 3 is 2.03 bits per heavy atom. The molecule has 1 fully saturated rings. The van der Waals surface area contributed by atoms with Gasteiger partial charge in [-0.15, -0.1) is 23.5 Å². The Morgan fingerprint density at radius 2 is 1.52 bits per heavy atom. The summed E-state index contributed by atoms with van der Waals surface area (Å²) in [6.07, 6.45) is 7.62. The van der Waals surface area contributed by atoms with E-state index in [2.05, 4.69) is 12.2 Å². The molecule has 0 spiro atoms. The maximum absolute atomic E-state index is 14.7. The van der Waals surface area contributed by atoms with Gasteiger partial charge in [0, 0.05) is 0 Å². The number of thioether (sulfide) groups is 2. The molecule has 1 aliphatic heterocycles. The molecule has 0 atom stereocenters. The van der Waals surface area contributed by atoms with Gasteiger partial charge in [0.2, 0.25) is 0 Å². The van der Waals surface area contributed by atoms with Gasteiger partial charge in [-0.25, -0.2) is 17.6 Å². The SMILES string of the molecule is C/C=C/CCC1CSC(CCc2cc(F)c(-c3cc(F)c(C(F)(F)Cl)c(F)c3)c(F)c2)SC1. The maximum Gasteiger partial charge on any atom is 0.353 e. The highest BCUT2D eigenvalue weighted by Gasteiger charge is 2.36. The van der Waals surface area contributed by atoms with Crippen molar-refractivity contribution in [2.24, 2.45) is 5.92 Å². The monoisotopic (exact) mass is 524 g/mol. The van der Waals surface area contributed by atoms with Gasteiger partial charge in [0.05, 0.1) is 10.1 Å². The first-order valence-corrected chi connectivity index (χ1v) is 13.0. The molecule has 0 radical (unpaired) electrons. The average molecular weight is 525 g/mol. The van der Waals surface area contributed by atoms with Crippen LogP contribution >= 0.6 is 35.1 Å². The van der Waals surface area contributed by atoms with Crippen molar-refractivity contribution >= 4 is 35.1 Å². The number of hydrogen-bond acceptors (Lipinski definition) is 2. The third-order valence-electron chi connectivity index (χ3n) is 5.40. The van der Waals surface area contributed by atoms with E-state index in [9.17, 15) is 26.3 Å². The zero-order valence-corrected chi connectivity index (χ0v) is 20.2. The Balaban J connectivity index is 1.67. The molecule has 3 rings (SSSR count). The summed E-state index contributed by atoms with van der Waals surface area (Å²) >= 11 is 8.44. The summed E-state index contributed by atoms with van der Waals surface area (Å²) in [5.74, 6) is -2.60. The molecule has 33 heavy (non-hydrogen) atoms. The summed E-state index contributed by atoms with van der Waals surface area (Å²) in [4.78, 5) is 0. The van der Waals surface area contributed by atoms with Gasteiger partial charge in [0.1, 0.15) is 28.8 Å². The average Bonchev–Trinajstić information content (AvgIpc) is 2.71. The second-order valence-corrected chi connectivity index (χ2v) is 11.1. The number of rotatable bonds is 8. The molecule has 1 heterocycles. The quantitative estimate of drug-likeness (QED) is 0.192. The van der Waals surface area contributed by atoms with Crippen LogP contribution in [0.1, 0.15) is 37.3 Å². The second kappa shape index (κ2) is 11.5. The minimum absolute atomic E-state index is 0.335. The van der Waals surface area contributed by atoms with E-state index >= 15 is 0 Å². The van der Waals surface area contributed by atoms with Gasteiger partial charge in [-0.05, 0) is 97.0 Å². The van der Waals surface area contributed by atoms with Crippen LogP contribution < -0.4 is 0 Å². The summed E-state index contributed by atoms with van der Waals surface area (Å²) in [6, 6.07) is 3.16. The highest BCUT2D eigenvalue weighted by molar-refractivity contribution is 8.17. The largest absolute Gasteiger partial charge is 0.353 e. The van der Waals surface area contributed by atoms with Crippen LogP contribution in [0.15, 0.2) is 36.4 Å². The van der Waals surface area contributed by atoms with Crippen molar-refractivity contribution in [3.05, 3.63) is 70.8 Å². The standard InChI is InChI=1S/C24H23ClF6S2/c1-2-3-4-5-15-12-32-21(33-13-15)7-6-14-8-17(26)22(18(27)9-14)16-10-19(28)23(20(29)11-16)24(25,30)31/h2-3,8-11,15,21H,4-7,12-13H2,1H3/b3-2+. The first kappa shape index (κ1) is 26.4. The second-order valence-electron chi connectivity index (χ2n) is 7.89. The molecule has 1 saturated heterocycles. The van der Waals surface area contributed by atoms with Crippen LogP contribution in [0, 0.1) is 29.2 Å². The lowest BCUT2D eigenvalue weighted by Crippen LogP contribution is -2.18. The van der Waals surface area contributed by atoms with Crippen molar-refractivity contribution in [1.29, 1.82) is 0 Å². The van der Waals surface area contributed by atoms with Crippen LogP contribution in [0.3, 0.4) is 0 Å². The lowest BCUT2D eigenvalue weighted by atomic mass is 9.99. The number of aryl methyl sites for hydroxylation is 1. The molecule has 0 unspecified atom stereocenters. The molecular weight excluding hydrogens is 502 g/mol. The lowest BCUT2D eigenvalue weighted by molar-refractivity contribution is 0.0859. The van der Waals surface area contributed by atoms with Gasteiger partial charge < -0.3 is 0 Å². The number of hydrogen-bond donors (Lipinski definition) is 0. The van der Waals surface area contributed by atoms with E-state index in [1.54, 1.807) is 0 Å². The number of alkyl halides is 3. The molecule has 0 bridgehead atoms. The zero-order chi connectivity index (χ0) is 24.2. The predicted octanol–water partition coefficient (Wildman–Crippen LogP) is 8.91. The number of benzene rings is 2. The number of allylic oxidation sites excluding steroid dienone is 2. The van der Waals surface area contributed by atoms with Crippen LogP contribution in [0.4, 0.5) is 26.3 Å². The predicted molar refractivity (Wildman–Crippen MR) is 126 cm³/mol. The highest BCUT2D eigenvalue weighted by atomic mass is 35.5. The first-order chi connectivity index (χ1) is 15.6. The minimum atomic E-state index is -4.28. The third kappa shape index (κ3) is 6.89. The molecule has 9 heteroatoms. The van der Waals surface area contributed by atoms with Gasteiger partial charge >= 0.3 is 5.38 Å². The van der Waals surface area contributed by atoms with Crippen molar-refractivity contribution in [3.8, 4) is 11.1 Å². The van der Waals surface area contributed by atoms with Crippen LogP contribution in [0.25, 0.3) is 11.1 Å². The van der Waals surface area contributed by atoms with E-state index in [1.807, 2.05) is 30.4 Å². The Bertz CT molecular complexity index is 951. The van der Waals surface area contributed by atoms with E-state index in [1.165, 1.54) is 0 Å². The fourth-order valence-corrected chi connectivity index (χ4v) is 7.03. The number of halogens is 7. The Hall–Kier alpha value is -1.25. The smallest absolute Gasteiger partial charge is 0.206 e. The fraction of sp³-hybridized carbons (Fsp3) is 0.417. The molecule has 0 amide bonds. The normalized spacial score (nSPS) is 19.4. The van der Waals surface area contributed by atoms with Crippen molar-refractivity contribution in [2.75, 3.05) is 11.5 Å². The van der Waals surface area contributed by atoms with Crippen LogP contribution in [0.2, 0.25) is 0 Å². The van der Waals surface area contributed by atoms with Gasteiger partial charge in [0.25, 0.3) is 0 Å².